The molecule has 0 spiro atoms. The van der Waals surface area contributed by atoms with Crippen molar-refractivity contribution in [2.45, 2.75) is 13.8 Å². The van der Waals surface area contributed by atoms with Crippen LogP contribution in [0.3, 0.4) is 0 Å². The molecular weight excluding hydrogens is 276 g/mol. The summed E-state index contributed by atoms with van der Waals surface area (Å²) in [5.41, 5.74) is 1.01. The van der Waals surface area contributed by atoms with Crippen molar-refractivity contribution in [3.05, 3.63) is 35.7 Å². The average molecular weight is 290 g/mol. The first-order valence-electron chi connectivity index (χ1n) is 6.33. The number of nitrogens with zero attached hydrogens (tertiary/aromatic N) is 2. The lowest BCUT2D eigenvalue weighted by Gasteiger charge is -2.04. The highest BCUT2D eigenvalue weighted by Gasteiger charge is 2.12. The summed E-state index contributed by atoms with van der Waals surface area (Å²) >= 11 is 0. The molecule has 0 radical (unpaired) electrons. The minimum atomic E-state index is -0.601. The lowest BCUT2D eigenvalue weighted by molar-refractivity contribution is -0.146. The van der Waals surface area contributed by atoms with E-state index >= 15 is 0 Å². The zero-order valence-electron chi connectivity index (χ0n) is 11.7. The number of esters is 2. The third kappa shape index (κ3) is 3.88. The van der Waals surface area contributed by atoms with Gasteiger partial charge in [0.05, 0.1) is 12.2 Å². The number of aromatic nitrogens is 2. The van der Waals surface area contributed by atoms with Crippen LogP contribution in [0.5, 0.6) is 0 Å². The van der Waals surface area contributed by atoms with Crippen molar-refractivity contribution in [3.63, 3.8) is 0 Å². The predicted molar refractivity (Wildman–Crippen MR) is 71.4 cm³/mol. The van der Waals surface area contributed by atoms with E-state index in [-0.39, 0.29) is 6.61 Å². The van der Waals surface area contributed by atoms with E-state index < -0.39 is 18.5 Å². The van der Waals surface area contributed by atoms with E-state index in [4.69, 9.17) is 9.26 Å². The second-order valence-corrected chi connectivity index (χ2v) is 4.11. The highest BCUT2D eigenvalue weighted by Crippen LogP contribution is 2.17. The summed E-state index contributed by atoms with van der Waals surface area (Å²) in [4.78, 5) is 26.9. The molecule has 0 amide bonds. The first-order chi connectivity index (χ1) is 10.1. The van der Waals surface area contributed by atoms with Gasteiger partial charge in [0.15, 0.2) is 12.4 Å². The Hall–Kier alpha value is -2.70. The van der Waals surface area contributed by atoms with Gasteiger partial charge in [-0.25, -0.2) is 9.59 Å². The van der Waals surface area contributed by atoms with Gasteiger partial charge in [-0.3, -0.25) is 0 Å². The zero-order valence-corrected chi connectivity index (χ0v) is 11.7. The molecule has 0 bridgehead atoms. The standard InChI is InChI=1S/C14H14N2O5/c1-3-19-12(17)8-20-14(18)11-6-4-10(5-7-11)13-15-9(2)16-21-13/h4-7H,3,8H2,1-2H3. The molecule has 0 N–H and O–H groups in total. The summed E-state index contributed by atoms with van der Waals surface area (Å²) in [6.45, 7) is 3.23. The zero-order chi connectivity index (χ0) is 15.2. The van der Waals surface area contributed by atoms with Crippen LogP contribution in [0.15, 0.2) is 28.8 Å². The summed E-state index contributed by atoms with van der Waals surface area (Å²) in [6.07, 6.45) is 0. The van der Waals surface area contributed by atoms with Gasteiger partial charge in [0.1, 0.15) is 0 Å². The van der Waals surface area contributed by atoms with Gasteiger partial charge in [-0.15, -0.1) is 0 Å². The van der Waals surface area contributed by atoms with Crippen LogP contribution in [0, 0.1) is 6.92 Å². The minimum Gasteiger partial charge on any atom is -0.463 e. The Morgan fingerprint density at radius 2 is 1.90 bits per heavy atom. The van der Waals surface area contributed by atoms with E-state index in [0.717, 1.165) is 0 Å². The smallest absolute Gasteiger partial charge is 0.344 e. The Labute approximate surface area is 120 Å². The second kappa shape index (κ2) is 6.65. The van der Waals surface area contributed by atoms with Gasteiger partial charge in [-0.2, -0.15) is 4.98 Å². The number of carbonyl (C=O) groups excluding carboxylic acids is 2. The van der Waals surface area contributed by atoms with Crippen molar-refractivity contribution < 1.29 is 23.6 Å². The van der Waals surface area contributed by atoms with Crippen molar-refractivity contribution >= 4 is 11.9 Å². The molecule has 0 aliphatic heterocycles. The molecule has 7 heteroatoms. The molecule has 0 saturated heterocycles. The van der Waals surface area contributed by atoms with E-state index in [9.17, 15) is 9.59 Å². The van der Waals surface area contributed by atoms with Crippen LogP contribution in [0.2, 0.25) is 0 Å². The minimum absolute atomic E-state index is 0.245. The van der Waals surface area contributed by atoms with E-state index in [1.165, 1.54) is 0 Å². The topological polar surface area (TPSA) is 91.5 Å². The van der Waals surface area contributed by atoms with Crippen LogP contribution >= 0.6 is 0 Å². The Morgan fingerprint density at radius 1 is 1.19 bits per heavy atom. The fraction of sp³-hybridized carbons (Fsp3) is 0.286. The molecule has 1 aromatic heterocycles. The molecule has 0 atom stereocenters. The van der Waals surface area contributed by atoms with Crippen LogP contribution in [0.1, 0.15) is 23.1 Å². The maximum Gasteiger partial charge on any atom is 0.344 e. The molecule has 0 saturated carbocycles. The summed E-state index contributed by atoms with van der Waals surface area (Å²) in [5, 5.41) is 3.69. The molecule has 110 valence electrons. The Bertz CT molecular complexity index is 633. The fourth-order valence-electron chi connectivity index (χ4n) is 1.57. The Kier molecular flexibility index (Phi) is 4.65. The third-order valence-electron chi connectivity index (χ3n) is 2.52. The van der Waals surface area contributed by atoms with Gasteiger partial charge >= 0.3 is 11.9 Å². The van der Waals surface area contributed by atoms with Crippen molar-refractivity contribution in [2.75, 3.05) is 13.2 Å². The lowest BCUT2D eigenvalue weighted by atomic mass is 10.1. The van der Waals surface area contributed by atoms with Crippen molar-refractivity contribution in [1.82, 2.24) is 10.1 Å². The first kappa shape index (κ1) is 14.7. The Balaban J connectivity index is 1.98. The predicted octanol–water partition coefficient (Wildman–Crippen LogP) is 1.76. The number of rotatable bonds is 5. The molecule has 1 aromatic carbocycles. The van der Waals surface area contributed by atoms with Crippen LogP contribution in [-0.4, -0.2) is 35.3 Å². The first-order valence-corrected chi connectivity index (χ1v) is 6.33. The number of benzene rings is 1. The highest BCUT2D eigenvalue weighted by atomic mass is 16.6. The number of ether oxygens (including phenoxy) is 2. The number of hydrogen-bond acceptors (Lipinski definition) is 7. The molecule has 0 aliphatic rings. The van der Waals surface area contributed by atoms with Crippen molar-refractivity contribution in [2.24, 2.45) is 0 Å². The van der Waals surface area contributed by atoms with Gasteiger partial charge in [0.25, 0.3) is 5.89 Å². The molecule has 1 heterocycles. The van der Waals surface area contributed by atoms with E-state index in [1.54, 1.807) is 38.1 Å². The maximum absolute atomic E-state index is 11.7. The van der Waals surface area contributed by atoms with Crippen LogP contribution in [0.25, 0.3) is 11.5 Å². The van der Waals surface area contributed by atoms with Crippen molar-refractivity contribution in [1.29, 1.82) is 0 Å². The fourth-order valence-corrected chi connectivity index (χ4v) is 1.57. The molecule has 0 unspecified atom stereocenters. The summed E-state index contributed by atoms with van der Waals surface area (Å²) in [7, 11) is 0. The third-order valence-corrected chi connectivity index (χ3v) is 2.52. The molecular formula is C14H14N2O5. The molecule has 2 aromatic rings. The number of carbonyl (C=O) groups is 2. The quantitative estimate of drug-likeness (QED) is 0.775. The number of aryl methyl sites for hydroxylation is 1. The normalized spacial score (nSPS) is 10.2. The van der Waals surface area contributed by atoms with E-state index in [2.05, 4.69) is 14.9 Å². The van der Waals surface area contributed by atoms with Crippen molar-refractivity contribution in [3.8, 4) is 11.5 Å². The SMILES string of the molecule is CCOC(=O)COC(=O)c1ccc(-c2nc(C)no2)cc1. The molecule has 0 aliphatic carbocycles. The molecule has 7 nitrogen and oxygen atoms in total. The van der Waals surface area contributed by atoms with Gasteiger partial charge < -0.3 is 14.0 Å². The highest BCUT2D eigenvalue weighted by molar-refractivity contribution is 5.91. The maximum atomic E-state index is 11.7. The van der Waals surface area contributed by atoms with Gasteiger partial charge in [0.2, 0.25) is 0 Å². The van der Waals surface area contributed by atoms with Gasteiger partial charge in [0, 0.05) is 5.56 Å². The van der Waals surface area contributed by atoms with Crippen LogP contribution in [0.4, 0.5) is 0 Å². The van der Waals surface area contributed by atoms with Gasteiger partial charge in [-0.05, 0) is 38.1 Å². The largest absolute Gasteiger partial charge is 0.463 e. The second-order valence-electron chi connectivity index (χ2n) is 4.11. The Morgan fingerprint density at radius 3 is 2.48 bits per heavy atom. The molecule has 0 fully saturated rings. The van der Waals surface area contributed by atoms with Crippen LogP contribution in [-0.2, 0) is 14.3 Å². The van der Waals surface area contributed by atoms with E-state index in [1.807, 2.05) is 0 Å². The lowest BCUT2D eigenvalue weighted by Crippen LogP contribution is -2.16. The van der Waals surface area contributed by atoms with Gasteiger partial charge in [-0.1, -0.05) is 5.16 Å². The summed E-state index contributed by atoms with van der Waals surface area (Å²) in [6, 6.07) is 6.44. The summed E-state index contributed by atoms with van der Waals surface area (Å²) in [5.74, 6) is -0.276. The number of hydrogen-bond donors (Lipinski definition) is 0. The molecule has 2 rings (SSSR count). The average Bonchev–Trinajstić information content (AvgIpc) is 2.92. The summed E-state index contributed by atoms with van der Waals surface area (Å²) < 4.78 is 14.5. The molecule has 21 heavy (non-hydrogen) atoms. The monoisotopic (exact) mass is 290 g/mol. The van der Waals surface area contributed by atoms with Crippen LogP contribution < -0.4 is 0 Å². The van der Waals surface area contributed by atoms with E-state index in [0.29, 0.717) is 22.8 Å².